The number of nitriles is 2. The summed E-state index contributed by atoms with van der Waals surface area (Å²) in [7, 11) is 0. The van der Waals surface area contributed by atoms with Gasteiger partial charge in [-0.2, -0.15) is 15.5 Å². The second-order valence-corrected chi connectivity index (χ2v) is 8.47. The maximum atomic E-state index is 14.2. The van der Waals surface area contributed by atoms with Crippen molar-refractivity contribution in [1.82, 2.24) is 14.5 Å². The number of nitrogen functional groups attached to an aromatic ring is 1. The van der Waals surface area contributed by atoms with Crippen LogP contribution in [0.15, 0.2) is 89.9 Å². The van der Waals surface area contributed by atoms with Crippen LogP contribution in [0.4, 0.5) is 11.8 Å². The van der Waals surface area contributed by atoms with Gasteiger partial charge in [0.25, 0.3) is 5.56 Å². The Morgan fingerprint density at radius 1 is 0.973 bits per heavy atom. The van der Waals surface area contributed by atoms with Crippen LogP contribution in [-0.4, -0.2) is 14.5 Å². The summed E-state index contributed by atoms with van der Waals surface area (Å²) >= 11 is 0. The SMILES string of the molecule is CC(Nc1nc(N)ncc1C#N)c1cc2cccc(-c3ccc(C#N)cc3)c2c(=O)n1-c1ccccc1. The van der Waals surface area contributed by atoms with Crippen LogP contribution in [0.3, 0.4) is 0 Å². The van der Waals surface area contributed by atoms with Crippen LogP contribution in [0.2, 0.25) is 0 Å². The van der Waals surface area contributed by atoms with Gasteiger partial charge in [-0.15, -0.1) is 0 Å². The van der Waals surface area contributed by atoms with Gasteiger partial charge < -0.3 is 11.1 Å². The van der Waals surface area contributed by atoms with Gasteiger partial charge in [0.05, 0.1) is 29.3 Å². The number of hydrogen-bond donors (Lipinski definition) is 2. The van der Waals surface area contributed by atoms with Gasteiger partial charge in [-0.1, -0.05) is 48.5 Å². The number of benzene rings is 3. The summed E-state index contributed by atoms with van der Waals surface area (Å²) in [6, 6.07) is 28.0. The van der Waals surface area contributed by atoms with E-state index >= 15 is 0 Å². The normalized spacial score (nSPS) is 11.4. The van der Waals surface area contributed by atoms with Crippen molar-refractivity contribution in [2.45, 2.75) is 13.0 Å². The van der Waals surface area contributed by atoms with Gasteiger partial charge in [-0.3, -0.25) is 9.36 Å². The van der Waals surface area contributed by atoms with Crippen LogP contribution in [0, 0.1) is 22.7 Å². The molecule has 3 N–H and O–H groups in total. The molecule has 0 aliphatic heterocycles. The first kappa shape index (κ1) is 23.3. The molecule has 0 saturated carbocycles. The molecule has 0 aliphatic rings. The lowest BCUT2D eigenvalue weighted by molar-refractivity contribution is 0.772. The van der Waals surface area contributed by atoms with E-state index in [-0.39, 0.29) is 17.1 Å². The fraction of sp³-hybridized carbons (Fsp3) is 0.0690. The number of hydrogen-bond acceptors (Lipinski definition) is 7. The summed E-state index contributed by atoms with van der Waals surface area (Å²) in [4.78, 5) is 22.3. The highest BCUT2D eigenvalue weighted by atomic mass is 16.1. The average Bonchev–Trinajstić information content (AvgIpc) is 2.93. The molecule has 0 fully saturated rings. The smallest absolute Gasteiger partial charge is 0.263 e. The second kappa shape index (κ2) is 9.65. The minimum atomic E-state index is -0.419. The third-order valence-corrected chi connectivity index (χ3v) is 6.14. The molecule has 0 aliphatic carbocycles. The molecule has 2 heterocycles. The van der Waals surface area contributed by atoms with Crippen molar-refractivity contribution in [2.75, 3.05) is 11.1 Å². The molecule has 0 spiro atoms. The maximum absolute atomic E-state index is 14.2. The molecule has 5 rings (SSSR count). The van der Waals surface area contributed by atoms with Gasteiger partial charge in [0.2, 0.25) is 5.95 Å². The van der Waals surface area contributed by atoms with Gasteiger partial charge in [0.1, 0.15) is 17.5 Å². The number of fused-ring (bicyclic) bond motifs is 1. The first-order chi connectivity index (χ1) is 18.0. The van der Waals surface area contributed by atoms with E-state index in [1.807, 2.05) is 73.7 Å². The summed E-state index contributed by atoms with van der Waals surface area (Å²) in [6.45, 7) is 1.89. The van der Waals surface area contributed by atoms with Gasteiger partial charge in [0.15, 0.2) is 0 Å². The van der Waals surface area contributed by atoms with Crippen molar-refractivity contribution in [1.29, 1.82) is 10.5 Å². The van der Waals surface area contributed by atoms with E-state index in [4.69, 9.17) is 5.73 Å². The molecule has 8 heteroatoms. The Balaban J connectivity index is 1.74. The molecule has 1 unspecified atom stereocenters. The summed E-state index contributed by atoms with van der Waals surface area (Å²) in [5, 5.41) is 23.2. The molecule has 3 aromatic carbocycles. The van der Waals surface area contributed by atoms with Crippen LogP contribution in [0.25, 0.3) is 27.6 Å². The first-order valence-corrected chi connectivity index (χ1v) is 11.5. The molecule has 1 atom stereocenters. The van der Waals surface area contributed by atoms with Gasteiger partial charge in [-0.25, -0.2) is 4.98 Å². The van der Waals surface area contributed by atoms with Crippen molar-refractivity contribution in [3.63, 3.8) is 0 Å². The molecule has 0 saturated heterocycles. The minimum absolute atomic E-state index is 0.0414. The quantitative estimate of drug-likeness (QED) is 0.361. The van der Waals surface area contributed by atoms with Crippen molar-refractivity contribution < 1.29 is 0 Å². The van der Waals surface area contributed by atoms with E-state index in [2.05, 4.69) is 27.4 Å². The monoisotopic (exact) mass is 483 g/mol. The van der Waals surface area contributed by atoms with E-state index < -0.39 is 6.04 Å². The first-order valence-electron chi connectivity index (χ1n) is 11.5. The van der Waals surface area contributed by atoms with Crippen molar-refractivity contribution >= 4 is 22.5 Å². The van der Waals surface area contributed by atoms with Gasteiger partial charge >= 0.3 is 0 Å². The molecular weight excluding hydrogens is 462 g/mol. The lowest BCUT2D eigenvalue weighted by Crippen LogP contribution is -2.26. The number of nitrogens with one attached hydrogen (secondary N) is 1. The molecule has 0 amide bonds. The Hall–Kier alpha value is -5.47. The summed E-state index contributed by atoms with van der Waals surface area (Å²) < 4.78 is 1.67. The fourth-order valence-corrected chi connectivity index (χ4v) is 4.38. The number of pyridine rings is 1. The number of rotatable bonds is 5. The number of nitrogens with zero attached hydrogens (tertiary/aromatic N) is 5. The molecule has 37 heavy (non-hydrogen) atoms. The van der Waals surface area contributed by atoms with E-state index in [1.54, 1.807) is 16.7 Å². The molecule has 0 radical (unpaired) electrons. The molecular formula is C29H21N7O. The summed E-state index contributed by atoms with van der Waals surface area (Å²) in [5.74, 6) is 0.334. The zero-order valence-corrected chi connectivity index (χ0v) is 19.9. The third kappa shape index (κ3) is 4.36. The van der Waals surface area contributed by atoms with E-state index in [1.165, 1.54) is 6.20 Å². The minimum Gasteiger partial charge on any atom is -0.368 e. The number of para-hydroxylation sites is 1. The van der Waals surface area contributed by atoms with Gasteiger partial charge in [-0.05, 0) is 53.8 Å². The molecule has 5 aromatic rings. The Morgan fingerprint density at radius 2 is 1.73 bits per heavy atom. The van der Waals surface area contributed by atoms with Crippen molar-refractivity contribution in [3.8, 4) is 29.0 Å². The standard InChI is InChI=1S/C29H21N7O/c1-18(34-27-22(16-31)17-33-29(32)35-27)25-14-21-6-5-9-24(20-12-10-19(15-30)11-13-20)26(21)28(37)36(25)23-7-3-2-4-8-23/h2-14,17-18H,1H3,(H3,32,33,34,35). The Kier molecular flexibility index (Phi) is 6.07. The van der Waals surface area contributed by atoms with Crippen molar-refractivity contribution in [3.05, 3.63) is 112 Å². The number of nitrogens with two attached hydrogens (primary N) is 1. The predicted molar refractivity (Wildman–Crippen MR) is 143 cm³/mol. The third-order valence-electron chi connectivity index (χ3n) is 6.14. The van der Waals surface area contributed by atoms with E-state index in [9.17, 15) is 15.3 Å². The highest BCUT2D eigenvalue weighted by molar-refractivity contribution is 5.96. The second-order valence-electron chi connectivity index (χ2n) is 8.47. The summed E-state index contributed by atoms with van der Waals surface area (Å²) in [6.07, 6.45) is 1.37. The van der Waals surface area contributed by atoms with Crippen LogP contribution in [0.1, 0.15) is 29.8 Å². The average molecular weight is 484 g/mol. The lowest BCUT2D eigenvalue weighted by Gasteiger charge is -2.22. The number of aromatic nitrogens is 3. The van der Waals surface area contributed by atoms with E-state index in [0.717, 1.165) is 16.5 Å². The number of anilines is 2. The van der Waals surface area contributed by atoms with Crippen LogP contribution in [-0.2, 0) is 0 Å². The molecule has 0 bridgehead atoms. The van der Waals surface area contributed by atoms with Crippen LogP contribution in [0.5, 0.6) is 0 Å². The van der Waals surface area contributed by atoms with E-state index in [0.29, 0.717) is 28.1 Å². The predicted octanol–water partition coefficient (Wildman–Crippen LogP) is 4.95. The highest BCUT2D eigenvalue weighted by Gasteiger charge is 2.20. The maximum Gasteiger partial charge on any atom is 0.263 e. The molecule has 2 aromatic heterocycles. The topological polar surface area (TPSA) is 133 Å². The largest absolute Gasteiger partial charge is 0.368 e. The fourth-order valence-electron chi connectivity index (χ4n) is 4.38. The Labute approximate surface area is 212 Å². The highest BCUT2D eigenvalue weighted by Crippen LogP contribution is 2.30. The van der Waals surface area contributed by atoms with Crippen LogP contribution < -0.4 is 16.6 Å². The van der Waals surface area contributed by atoms with Crippen molar-refractivity contribution in [2.24, 2.45) is 0 Å². The Morgan fingerprint density at radius 3 is 2.43 bits per heavy atom. The zero-order chi connectivity index (χ0) is 25.9. The summed E-state index contributed by atoms with van der Waals surface area (Å²) in [5.41, 5.74) is 9.38. The Bertz CT molecular complexity index is 1760. The molecule has 8 nitrogen and oxygen atoms in total. The molecule has 178 valence electrons. The zero-order valence-electron chi connectivity index (χ0n) is 19.9. The lowest BCUT2D eigenvalue weighted by atomic mass is 9.97. The van der Waals surface area contributed by atoms with Gasteiger partial charge in [0, 0.05) is 11.4 Å². The van der Waals surface area contributed by atoms with Crippen LogP contribution >= 0.6 is 0 Å².